The summed E-state index contributed by atoms with van der Waals surface area (Å²) >= 11 is 0. The predicted octanol–water partition coefficient (Wildman–Crippen LogP) is -4.68. The van der Waals surface area contributed by atoms with Crippen LogP contribution in [0.5, 0.6) is 0 Å². The van der Waals surface area contributed by atoms with E-state index in [4.69, 9.17) is 33.8 Å². The number of rotatable bonds is 39. The molecule has 1 heterocycles. The molecule has 448 valence electrons. The molecule has 0 aliphatic carbocycles. The van der Waals surface area contributed by atoms with Gasteiger partial charge in [0.25, 0.3) is 11.4 Å². The number of carboxylic acid groups (broad SMARTS) is 1. The molecule has 23 N–H and O–H groups in total. The lowest BCUT2D eigenvalue weighted by molar-refractivity contribution is -0.393. The van der Waals surface area contributed by atoms with E-state index in [9.17, 15) is 73.6 Å². The van der Waals surface area contributed by atoms with Gasteiger partial charge in [-0.15, -0.1) is 0 Å². The molecule has 35 nitrogen and oxygen atoms in total. The van der Waals surface area contributed by atoms with Gasteiger partial charge in [0.1, 0.15) is 41.9 Å². The third-order valence-electron chi connectivity index (χ3n) is 11.7. The van der Waals surface area contributed by atoms with Gasteiger partial charge in [-0.05, 0) is 69.8 Å². The van der Waals surface area contributed by atoms with Gasteiger partial charge in [0.05, 0.1) is 47.1 Å². The van der Waals surface area contributed by atoms with E-state index in [0.717, 1.165) is 18.2 Å². The number of carboxylic acids is 1. The molecule has 0 unspecified atom stereocenters. The predicted molar refractivity (Wildman–Crippen MR) is 288 cm³/mol. The maximum absolute atomic E-state index is 13.8. The molecule has 0 aliphatic heterocycles. The number of aliphatic hydroxyl groups is 1. The first kappa shape index (κ1) is 67.8. The van der Waals surface area contributed by atoms with Crippen molar-refractivity contribution < 1.29 is 63.2 Å². The summed E-state index contributed by atoms with van der Waals surface area (Å²) in [5.41, 5.74) is 21.3. The number of aromatic amines is 1. The van der Waals surface area contributed by atoms with Crippen LogP contribution in [0.3, 0.4) is 0 Å². The molecule has 0 bridgehead atoms. The molecule has 0 spiro atoms. The lowest BCUT2D eigenvalue weighted by Crippen LogP contribution is -2.60. The SMILES string of the molecule is CC(C)C[C@H](N)C(=O)N[C@@H](Cc1c[nH]cn1)C(=O)N[C@@H](CCC(N)=O)C(=O)N[C@@H](CO)C(=O)N[C@@H](CCCNC(=N)N)C(=O)NCC(=O)N[C@@H](CCCCNc1ccc([N+](=O)[O-])cc1[N+](=O)[O-])C(=O)N[C@H](CCCNC(=N)N)C(=O)O. The lowest BCUT2D eigenvalue weighted by atomic mass is 10.0. The van der Waals surface area contributed by atoms with Gasteiger partial charge < -0.3 is 91.3 Å². The largest absolute Gasteiger partial charge is 0.480 e. The summed E-state index contributed by atoms with van der Waals surface area (Å²) in [4.78, 5) is 147. The average molecular weight is 1150 g/mol. The van der Waals surface area contributed by atoms with Crippen molar-refractivity contribution >= 4 is 82.2 Å². The number of imidazole rings is 1. The van der Waals surface area contributed by atoms with Crippen LogP contribution >= 0.6 is 0 Å². The van der Waals surface area contributed by atoms with Gasteiger partial charge in [-0.1, -0.05) is 13.8 Å². The monoisotopic (exact) mass is 1150 g/mol. The standard InChI is InChI=1S/C46H74N20O15/c1-24(2)17-27(47)38(70)63-33(18-25-20-53-23-58-25)42(74)61-31(12-13-36(48)68)41(73)64-34(22-67)43(75)60-29(8-5-15-55-45(49)50)39(71)57-21-37(69)59-30(40(72)62-32(44(76)77)9-6-16-56-46(51)52)7-3-4-14-54-28-11-10-26(65(78)79)19-35(28)66(80)81/h10-11,19-20,23-24,27,29-34,54,67H,3-9,12-18,21-22,47H2,1-2H3,(H2,48,68)(H,53,58)(H,57,71)(H,59,69)(H,60,75)(H,61,74)(H,62,72)(H,63,70)(H,64,73)(H,76,77)(H4,49,50,55)(H4,51,52,56)/t27-,29-,30-,31-,32+,33-,34-/m0/s1. The highest BCUT2D eigenvalue weighted by atomic mass is 16.6. The van der Waals surface area contributed by atoms with Crippen LogP contribution in [0.1, 0.15) is 83.7 Å². The molecule has 81 heavy (non-hydrogen) atoms. The molecular weight excluding hydrogens is 1070 g/mol. The number of nitro benzene ring substituents is 2. The number of primary amides is 1. The van der Waals surface area contributed by atoms with Gasteiger partial charge in [-0.3, -0.25) is 69.4 Å². The summed E-state index contributed by atoms with van der Waals surface area (Å²) in [6.45, 7) is 1.86. The first-order valence-corrected chi connectivity index (χ1v) is 25.5. The minimum Gasteiger partial charge on any atom is -0.480 e. The number of nitrogens with two attached hydrogens (primary N) is 4. The highest BCUT2D eigenvalue weighted by molar-refractivity contribution is 5.97. The number of nitrogens with zero attached hydrogens (tertiary/aromatic N) is 3. The molecule has 0 radical (unpaired) electrons. The zero-order valence-electron chi connectivity index (χ0n) is 44.7. The quantitative estimate of drug-likeness (QED) is 0.00983. The minimum atomic E-state index is -1.83. The summed E-state index contributed by atoms with van der Waals surface area (Å²) in [5, 5.41) is 82.2. The number of carbonyl (C=O) groups is 9. The Morgan fingerprint density at radius 2 is 1.20 bits per heavy atom. The molecular formula is C46H74N20O15. The number of non-ortho nitro benzene ring substituents is 1. The highest BCUT2D eigenvalue weighted by Gasteiger charge is 2.33. The maximum Gasteiger partial charge on any atom is 0.326 e. The lowest BCUT2D eigenvalue weighted by Gasteiger charge is -2.26. The van der Waals surface area contributed by atoms with Crippen molar-refractivity contribution in [1.82, 2.24) is 57.8 Å². The van der Waals surface area contributed by atoms with Gasteiger partial charge in [-0.2, -0.15) is 0 Å². The number of H-pyrrole nitrogens is 1. The van der Waals surface area contributed by atoms with Crippen LogP contribution in [0, 0.1) is 37.0 Å². The summed E-state index contributed by atoms with van der Waals surface area (Å²) in [5.74, 6) is -9.91. The molecule has 0 fully saturated rings. The normalized spacial score (nSPS) is 13.4. The van der Waals surface area contributed by atoms with Crippen molar-refractivity contribution in [2.24, 2.45) is 28.9 Å². The number of guanidine groups is 2. The fourth-order valence-electron chi connectivity index (χ4n) is 7.57. The van der Waals surface area contributed by atoms with E-state index in [1.807, 2.05) is 13.8 Å². The zero-order chi connectivity index (χ0) is 60.8. The van der Waals surface area contributed by atoms with Gasteiger partial charge in [0, 0.05) is 44.7 Å². The van der Waals surface area contributed by atoms with Crippen molar-refractivity contribution in [2.75, 3.05) is 38.1 Å². The van der Waals surface area contributed by atoms with E-state index in [1.54, 1.807) is 0 Å². The molecule has 7 atom stereocenters. The second kappa shape index (κ2) is 35.3. The van der Waals surface area contributed by atoms with Crippen molar-refractivity contribution in [1.29, 1.82) is 10.8 Å². The molecule has 1 aromatic heterocycles. The number of amides is 8. The first-order valence-electron chi connectivity index (χ1n) is 25.5. The smallest absolute Gasteiger partial charge is 0.326 e. The number of hydrogen-bond donors (Lipinski definition) is 19. The van der Waals surface area contributed by atoms with Crippen LogP contribution in [-0.4, -0.2) is 170 Å². The fourth-order valence-corrected chi connectivity index (χ4v) is 7.57. The number of nitro groups is 2. The van der Waals surface area contributed by atoms with E-state index in [1.165, 1.54) is 12.5 Å². The number of aliphatic carboxylic acids is 1. The zero-order valence-corrected chi connectivity index (χ0v) is 44.7. The van der Waals surface area contributed by atoms with Crippen LogP contribution in [0.2, 0.25) is 0 Å². The second-order valence-corrected chi connectivity index (χ2v) is 18.8. The number of anilines is 1. The Hall–Kier alpha value is -9.28. The number of unbranched alkanes of at least 4 members (excludes halogenated alkanes) is 1. The third kappa shape index (κ3) is 26.3. The molecule has 35 heteroatoms. The summed E-state index contributed by atoms with van der Waals surface area (Å²) < 4.78 is 0. The van der Waals surface area contributed by atoms with E-state index in [-0.39, 0.29) is 95.0 Å². The number of carbonyl (C=O) groups excluding carboxylic acids is 8. The van der Waals surface area contributed by atoms with E-state index < -0.39 is 149 Å². The Morgan fingerprint density at radius 1 is 0.667 bits per heavy atom. The number of nitrogens with one attached hydrogen (secondary N) is 13. The molecule has 1 aromatic carbocycles. The van der Waals surface area contributed by atoms with Crippen LogP contribution < -0.4 is 76.1 Å². The summed E-state index contributed by atoms with van der Waals surface area (Å²) in [6, 6.07) is -7.28. The summed E-state index contributed by atoms with van der Waals surface area (Å²) in [7, 11) is 0. The Morgan fingerprint density at radius 3 is 1.73 bits per heavy atom. The summed E-state index contributed by atoms with van der Waals surface area (Å²) in [6.07, 6.45) is 1.97. The Balaban J connectivity index is 2.30. The first-order chi connectivity index (χ1) is 38.2. The van der Waals surface area contributed by atoms with Gasteiger partial charge in [0.2, 0.25) is 47.3 Å². The van der Waals surface area contributed by atoms with Gasteiger partial charge >= 0.3 is 5.97 Å². The van der Waals surface area contributed by atoms with Crippen molar-refractivity contribution in [2.45, 2.75) is 127 Å². The van der Waals surface area contributed by atoms with Crippen LogP contribution in [0.25, 0.3) is 0 Å². The Kier molecular flexibility index (Phi) is 29.5. The number of hydrogen-bond acceptors (Lipinski definition) is 19. The van der Waals surface area contributed by atoms with Gasteiger partial charge in [0.15, 0.2) is 11.9 Å². The Bertz CT molecular complexity index is 2520. The number of aliphatic hydroxyl groups excluding tert-OH is 1. The van der Waals surface area contributed by atoms with E-state index in [0.29, 0.717) is 5.69 Å². The van der Waals surface area contributed by atoms with Crippen LogP contribution in [0.4, 0.5) is 17.1 Å². The number of aromatic nitrogens is 2. The van der Waals surface area contributed by atoms with Crippen LogP contribution in [-0.2, 0) is 49.6 Å². The van der Waals surface area contributed by atoms with Crippen molar-refractivity contribution in [3.8, 4) is 0 Å². The Labute approximate surface area is 463 Å². The molecule has 0 saturated heterocycles. The maximum atomic E-state index is 13.8. The molecule has 2 rings (SSSR count). The van der Waals surface area contributed by atoms with Gasteiger partial charge in [-0.25, -0.2) is 9.78 Å². The minimum absolute atomic E-state index is 0.00376. The fraction of sp³-hybridized carbons (Fsp3) is 0.565. The average Bonchev–Trinajstić information content (AvgIpc) is 3.91. The van der Waals surface area contributed by atoms with Crippen molar-refractivity contribution in [3.05, 3.63) is 56.6 Å². The molecule has 8 amide bonds. The van der Waals surface area contributed by atoms with E-state index in [2.05, 4.69) is 63.1 Å². The second-order valence-electron chi connectivity index (χ2n) is 18.8. The third-order valence-corrected chi connectivity index (χ3v) is 11.7. The van der Waals surface area contributed by atoms with Crippen LogP contribution in [0.15, 0.2) is 30.7 Å². The molecule has 0 aliphatic rings. The van der Waals surface area contributed by atoms with E-state index >= 15 is 0 Å². The number of benzene rings is 1. The highest BCUT2D eigenvalue weighted by Crippen LogP contribution is 2.29. The topological polar surface area (TPSA) is 581 Å². The molecule has 0 saturated carbocycles. The van der Waals surface area contributed by atoms with Crippen molar-refractivity contribution in [3.63, 3.8) is 0 Å². The molecule has 2 aromatic rings.